The Morgan fingerprint density at radius 1 is 1.09 bits per heavy atom. The Kier molecular flexibility index (Phi) is 6.41. The van der Waals surface area contributed by atoms with E-state index in [2.05, 4.69) is 5.32 Å². The molecule has 0 spiro atoms. The Morgan fingerprint density at radius 3 is 2.41 bits per heavy atom. The second-order valence-electron chi connectivity index (χ2n) is 8.77. The number of amides is 1. The molecule has 1 heterocycles. The summed E-state index contributed by atoms with van der Waals surface area (Å²) in [4.78, 5) is 39.2. The Labute approximate surface area is 197 Å². The monoisotopic (exact) mass is 465 g/mol. The first-order valence-electron chi connectivity index (χ1n) is 11.4. The first-order chi connectivity index (χ1) is 16.2. The van der Waals surface area contributed by atoms with Crippen molar-refractivity contribution in [1.29, 1.82) is 0 Å². The average molecular weight is 466 g/mol. The summed E-state index contributed by atoms with van der Waals surface area (Å²) < 4.78 is 22.6. The van der Waals surface area contributed by atoms with Gasteiger partial charge in [-0.2, -0.15) is 0 Å². The quantitative estimate of drug-likeness (QED) is 0.558. The van der Waals surface area contributed by atoms with Crippen LogP contribution in [-0.4, -0.2) is 27.3 Å². The number of hydrogen-bond acceptors (Lipinski definition) is 4. The van der Waals surface area contributed by atoms with Crippen LogP contribution in [0.2, 0.25) is 0 Å². The molecule has 1 N–H and O–H groups in total. The van der Waals surface area contributed by atoms with Crippen molar-refractivity contribution in [2.45, 2.75) is 51.0 Å². The number of nitrogens with one attached hydrogen (secondary N) is 1. The number of aromatic nitrogens is 2. The number of benzene rings is 2. The third-order valence-electron chi connectivity index (χ3n) is 6.68. The molecule has 1 fully saturated rings. The Hall–Kier alpha value is -3.68. The average Bonchev–Trinajstić information content (AvgIpc) is 3.40. The molecular formula is C26H28FN3O4. The van der Waals surface area contributed by atoms with Crippen LogP contribution in [0.25, 0.3) is 5.69 Å². The second kappa shape index (κ2) is 9.29. The van der Waals surface area contributed by atoms with E-state index in [1.807, 2.05) is 18.2 Å². The van der Waals surface area contributed by atoms with Gasteiger partial charge in [0.25, 0.3) is 11.5 Å². The standard InChI is InChI=1S/C26H28FN3O4/c1-17-22(24(32)30(29(17)3)21-12-5-4-6-13-21)28-23(31)18(2)34-25(33)26(14-7-8-15-26)19-10-9-11-20(27)16-19/h4-6,9-13,16,18H,7-8,14-15H2,1-3H3,(H,28,31). The van der Waals surface area contributed by atoms with Crippen LogP contribution >= 0.6 is 0 Å². The minimum Gasteiger partial charge on any atom is -0.452 e. The molecule has 7 nitrogen and oxygen atoms in total. The van der Waals surface area contributed by atoms with Crippen LogP contribution in [0.5, 0.6) is 0 Å². The van der Waals surface area contributed by atoms with Crippen molar-refractivity contribution in [3.05, 3.63) is 82.0 Å². The summed E-state index contributed by atoms with van der Waals surface area (Å²) in [6, 6.07) is 15.1. The predicted molar refractivity (Wildman–Crippen MR) is 126 cm³/mol. The summed E-state index contributed by atoms with van der Waals surface area (Å²) >= 11 is 0. The highest BCUT2D eigenvalue weighted by Gasteiger charge is 2.45. The van der Waals surface area contributed by atoms with E-state index in [-0.39, 0.29) is 11.2 Å². The van der Waals surface area contributed by atoms with Gasteiger partial charge in [-0.3, -0.25) is 19.1 Å². The molecule has 4 rings (SSSR count). The van der Waals surface area contributed by atoms with Gasteiger partial charge in [0.2, 0.25) is 0 Å². The third-order valence-corrected chi connectivity index (χ3v) is 6.68. The number of anilines is 1. The minimum absolute atomic E-state index is 0.125. The summed E-state index contributed by atoms with van der Waals surface area (Å²) in [5.74, 6) is -1.58. The molecule has 1 aromatic heterocycles. The molecule has 178 valence electrons. The van der Waals surface area contributed by atoms with Gasteiger partial charge in [0.1, 0.15) is 11.5 Å². The van der Waals surface area contributed by atoms with Crippen molar-refractivity contribution in [3.63, 3.8) is 0 Å². The molecule has 1 unspecified atom stereocenters. The maximum Gasteiger partial charge on any atom is 0.317 e. The molecule has 1 saturated carbocycles. The van der Waals surface area contributed by atoms with Gasteiger partial charge in [-0.05, 0) is 56.5 Å². The molecule has 0 bridgehead atoms. The van der Waals surface area contributed by atoms with Crippen LogP contribution in [0.1, 0.15) is 43.9 Å². The number of halogens is 1. The molecule has 1 aliphatic carbocycles. The van der Waals surface area contributed by atoms with Gasteiger partial charge in [0.05, 0.1) is 16.8 Å². The molecule has 8 heteroatoms. The molecule has 1 amide bonds. The number of para-hydroxylation sites is 1. The first-order valence-corrected chi connectivity index (χ1v) is 11.4. The molecular weight excluding hydrogens is 437 g/mol. The summed E-state index contributed by atoms with van der Waals surface area (Å²) in [5.41, 5.74) is 0.556. The lowest BCUT2D eigenvalue weighted by atomic mass is 9.79. The number of ether oxygens (including phenoxy) is 1. The summed E-state index contributed by atoms with van der Waals surface area (Å²) in [5, 5.41) is 2.64. The lowest BCUT2D eigenvalue weighted by Crippen LogP contribution is -2.40. The van der Waals surface area contributed by atoms with Crippen LogP contribution in [0.15, 0.2) is 59.4 Å². The molecule has 0 aliphatic heterocycles. The Balaban J connectivity index is 1.54. The summed E-state index contributed by atoms with van der Waals surface area (Å²) in [7, 11) is 1.73. The predicted octanol–water partition coefficient (Wildman–Crippen LogP) is 4.01. The lowest BCUT2D eigenvalue weighted by Gasteiger charge is -2.28. The summed E-state index contributed by atoms with van der Waals surface area (Å²) in [6.45, 7) is 3.19. The minimum atomic E-state index is -1.14. The van der Waals surface area contributed by atoms with E-state index in [1.165, 1.54) is 23.7 Å². The van der Waals surface area contributed by atoms with E-state index in [9.17, 15) is 18.8 Å². The number of carbonyl (C=O) groups is 2. The highest BCUT2D eigenvalue weighted by molar-refractivity contribution is 5.96. The number of esters is 1. The number of carbonyl (C=O) groups excluding carboxylic acids is 2. The zero-order chi connectivity index (χ0) is 24.5. The van der Waals surface area contributed by atoms with Crippen LogP contribution in [-0.2, 0) is 26.8 Å². The molecule has 0 radical (unpaired) electrons. The highest BCUT2D eigenvalue weighted by atomic mass is 19.1. The second-order valence-corrected chi connectivity index (χ2v) is 8.77. The lowest BCUT2D eigenvalue weighted by molar-refractivity contribution is -0.159. The number of nitrogens with zero attached hydrogens (tertiary/aromatic N) is 2. The maximum atomic E-state index is 13.9. The Bertz CT molecular complexity index is 1270. The Morgan fingerprint density at radius 2 is 1.76 bits per heavy atom. The fraction of sp³-hybridized carbons (Fsp3) is 0.346. The van der Waals surface area contributed by atoms with E-state index in [0.717, 1.165) is 12.8 Å². The van der Waals surface area contributed by atoms with Crippen molar-refractivity contribution < 1.29 is 18.7 Å². The van der Waals surface area contributed by atoms with Gasteiger partial charge < -0.3 is 10.1 Å². The zero-order valence-corrected chi connectivity index (χ0v) is 19.5. The number of hydrogen-bond donors (Lipinski definition) is 1. The van der Waals surface area contributed by atoms with Crippen molar-refractivity contribution in [1.82, 2.24) is 9.36 Å². The van der Waals surface area contributed by atoms with Crippen molar-refractivity contribution in [3.8, 4) is 5.69 Å². The molecule has 0 saturated heterocycles. The van der Waals surface area contributed by atoms with Crippen LogP contribution < -0.4 is 10.9 Å². The van der Waals surface area contributed by atoms with E-state index >= 15 is 0 Å². The smallest absolute Gasteiger partial charge is 0.317 e. The van der Waals surface area contributed by atoms with Crippen LogP contribution in [0.3, 0.4) is 0 Å². The third kappa shape index (κ3) is 4.16. The van der Waals surface area contributed by atoms with Gasteiger partial charge in [0.15, 0.2) is 6.10 Å². The van der Waals surface area contributed by atoms with Crippen molar-refractivity contribution >= 4 is 17.6 Å². The van der Waals surface area contributed by atoms with Crippen molar-refractivity contribution in [2.75, 3.05) is 5.32 Å². The fourth-order valence-electron chi connectivity index (χ4n) is 4.64. The maximum absolute atomic E-state index is 13.9. The SMILES string of the molecule is Cc1c(NC(=O)C(C)OC(=O)C2(c3cccc(F)c3)CCCC2)c(=O)n(-c2ccccc2)n1C. The highest BCUT2D eigenvalue weighted by Crippen LogP contribution is 2.42. The fourth-order valence-corrected chi connectivity index (χ4v) is 4.64. The molecule has 1 aliphatic rings. The number of rotatable bonds is 6. The van der Waals surface area contributed by atoms with E-state index < -0.39 is 29.2 Å². The van der Waals surface area contributed by atoms with Gasteiger partial charge >= 0.3 is 5.97 Å². The topological polar surface area (TPSA) is 82.3 Å². The summed E-state index contributed by atoms with van der Waals surface area (Å²) in [6.07, 6.45) is 1.55. The molecule has 3 aromatic rings. The van der Waals surface area contributed by atoms with Gasteiger partial charge in [-0.1, -0.05) is 43.2 Å². The molecule has 1 atom stereocenters. The van der Waals surface area contributed by atoms with E-state index in [0.29, 0.717) is 29.8 Å². The first kappa shape index (κ1) is 23.5. The van der Waals surface area contributed by atoms with Gasteiger partial charge in [0, 0.05) is 7.05 Å². The van der Waals surface area contributed by atoms with E-state index in [1.54, 1.807) is 42.9 Å². The van der Waals surface area contributed by atoms with E-state index in [4.69, 9.17) is 4.74 Å². The van der Waals surface area contributed by atoms with Crippen LogP contribution in [0, 0.1) is 12.7 Å². The van der Waals surface area contributed by atoms with Gasteiger partial charge in [-0.25, -0.2) is 9.07 Å². The normalized spacial score (nSPS) is 15.6. The van der Waals surface area contributed by atoms with Crippen molar-refractivity contribution in [2.24, 2.45) is 7.05 Å². The van der Waals surface area contributed by atoms with Gasteiger partial charge in [-0.15, -0.1) is 0 Å². The molecule has 34 heavy (non-hydrogen) atoms. The van der Waals surface area contributed by atoms with Crippen LogP contribution in [0.4, 0.5) is 10.1 Å². The molecule has 2 aromatic carbocycles. The zero-order valence-electron chi connectivity index (χ0n) is 19.5. The largest absolute Gasteiger partial charge is 0.452 e.